The van der Waals surface area contributed by atoms with E-state index in [0.29, 0.717) is 28.5 Å². The molecule has 0 aliphatic carbocycles. The van der Waals surface area contributed by atoms with Gasteiger partial charge in [-0.2, -0.15) is 5.10 Å². The van der Waals surface area contributed by atoms with Crippen LogP contribution in [0.1, 0.15) is 33.9 Å². The van der Waals surface area contributed by atoms with E-state index >= 15 is 0 Å². The van der Waals surface area contributed by atoms with Crippen LogP contribution in [0.4, 0.5) is 4.39 Å². The first-order valence-corrected chi connectivity index (χ1v) is 11.0. The van der Waals surface area contributed by atoms with Crippen molar-refractivity contribution < 1.29 is 18.7 Å². The van der Waals surface area contributed by atoms with Crippen LogP contribution in [0.2, 0.25) is 5.02 Å². The lowest BCUT2D eigenvalue weighted by Crippen LogP contribution is -2.39. The smallest absolute Gasteiger partial charge is 0.262 e. The van der Waals surface area contributed by atoms with E-state index < -0.39 is 6.04 Å². The third-order valence-corrected chi connectivity index (χ3v) is 5.98. The van der Waals surface area contributed by atoms with Crippen LogP contribution in [-0.2, 0) is 4.79 Å². The fraction of sp³-hybridized carbons (Fsp3) is 0.192. The van der Waals surface area contributed by atoms with Gasteiger partial charge in [-0.05, 0) is 42.0 Å². The number of rotatable bonds is 6. The van der Waals surface area contributed by atoms with E-state index in [0.717, 1.165) is 11.1 Å². The molecular weight excluding hydrogens is 457 g/mol. The number of hydrazone groups is 1. The monoisotopic (exact) mass is 479 g/mol. The summed E-state index contributed by atoms with van der Waals surface area (Å²) in [5, 5.41) is 6.29. The standard InChI is InChI=1S/C26H23ClFN3O3/c1-30(26(33)21-8-3-4-9-22(21)27)16-25(32)31-24(17-10-12-19(28)13-11-17)15-23(29-31)18-6-5-7-20(14-18)34-2/h3-14,24H,15-16H2,1-2H3/t24-/m0/s1. The minimum Gasteiger partial charge on any atom is -0.497 e. The Kier molecular flexibility index (Phi) is 6.93. The molecule has 1 aliphatic heterocycles. The zero-order valence-corrected chi connectivity index (χ0v) is 19.5. The van der Waals surface area contributed by atoms with Crippen LogP contribution in [0.25, 0.3) is 0 Å². The van der Waals surface area contributed by atoms with E-state index in [4.69, 9.17) is 16.3 Å². The number of methoxy groups -OCH3 is 1. The number of hydrogen-bond acceptors (Lipinski definition) is 4. The molecule has 0 unspecified atom stereocenters. The lowest BCUT2D eigenvalue weighted by atomic mass is 9.98. The van der Waals surface area contributed by atoms with Gasteiger partial charge in [-0.15, -0.1) is 0 Å². The number of halogens is 2. The molecule has 3 aromatic rings. The number of amides is 2. The molecule has 2 amide bonds. The molecule has 0 radical (unpaired) electrons. The van der Waals surface area contributed by atoms with Gasteiger partial charge in [0.25, 0.3) is 11.8 Å². The molecule has 4 rings (SSSR count). The second-order valence-electron chi connectivity index (χ2n) is 7.93. The molecule has 1 heterocycles. The molecule has 0 bridgehead atoms. The van der Waals surface area contributed by atoms with Gasteiger partial charge in [-0.3, -0.25) is 9.59 Å². The molecule has 34 heavy (non-hydrogen) atoms. The summed E-state index contributed by atoms with van der Waals surface area (Å²) in [6.45, 7) is -0.198. The minimum atomic E-state index is -0.432. The Morgan fingerprint density at radius 2 is 1.85 bits per heavy atom. The molecule has 1 aliphatic rings. The van der Waals surface area contributed by atoms with Gasteiger partial charge < -0.3 is 9.64 Å². The van der Waals surface area contributed by atoms with Crippen LogP contribution in [-0.4, -0.2) is 48.1 Å². The summed E-state index contributed by atoms with van der Waals surface area (Å²) in [5.41, 5.74) is 2.58. The first kappa shape index (κ1) is 23.4. The van der Waals surface area contributed by atoms with Crippen molar-refractivity contribution in [2.75, 3.05) is 20.7 Å². The molecule has 0 saturated heterocycles. The van der Waals surface area contributed by atoms with Crippen molar-refractivity contribution in [3.05, 3.63) is 100 Å². The second kappa shape index (κ2) is 10.1. The summed E-state index contributed by atoms with van der Waals surface area (Å²) in [5.74, 6) is -0.421. The number of benzene rings is 3. The van der Waals surface area contributed by atoms with Crippen LogP contribution in [0.15, 0.2) is 77.9 Å². The Morgan fingerprint density at radius 3 is 2.56 bits per heavy atom. The predicted molar refractivity (Wildman–Crippen MR) is 129 cm³/mol. The summed E-state index contributed by atoms with van der Waals surface area (Å²) in [4.78, 5) is 27.5. The number of likely N-dealkylation sites (N-methyl/N-ethyl adjacent to an activating group) is 1. The summed E-state index contributed by atoms with van der Waals surface area (Å²) >= 11 is 6.15. The molecule has 3 aromatic carbocycles. The van der Waals surface area contributed by atoms with E-state index in [2.05, 4.69) is 5.10 Å². The van der Waals surface area contributed by atoms with Gasteiger partial charge in [-0.1, -0.05) is 48.0 Å². The van der Waals surface area contributed by atoms with E-state index in [-0.39, 0.29) is 24.2 Å². The molecule has 0 fully saturated rings. The molecule has 0 N–H and O–H groups in total. The SMILES string of the molecule is COc1cccc(C2=NN(C(=O)CN(C)C(=O)c3ccccc3Cl)[C@H](c3ccc(F)cc3)C2)c1. The Balaban J connectivity index is 1.61. The Hall–Kier alpha value is -3.71. The van der Waals surface area contributed by atoms with Crippen LogP contribution in [0, 0.1) is 5.82 Å². The molecule has 0 spiro atoms. The summed E-state index contributed by atoms with van der Waals surface area (Å²) in [7, 11) is 3.12. The number of carbonyl (C=O) groups is 2. The number of nitrogens with zero attached hydrogens (tertiary/aromatic N) is 3. The molecule has 174 valence electrons. The summed E-state index contributed by atoms with van der Waals surface area (Å²) < 4.78 is 18.8. The van der Waals surface area contributed by atoms with Crippen molar-refractivity contribution >= 4 is 29.1 Å². The largest absolute Gasteiger partial charge is 0.497 e. The molecule has 0 saturated carbocycles. The third-order valence-electron chi connectivity index (χ3n) is 5.65. The highest BCUT2D eigenvalue weighted by molar-refractivity contribution is 6.33. The number of carbonyl (C=O) groups excluding carboxylic acids is 2. The highest BCUT2D eigenvalue weighted by Crippen LogP contribution is 2.33. The average Bonchev–Trinajstić information content (AvgIpc) is 3.30. The topological polar surface area (TPSA) is 62.2 Å². The average molecular weight is 480 g/mol. The minimum absolute atomic E-state index is 0.198. The van der Waals surface area contributed by atoms with Gasteiger partial charge in [-0.25, -0.2) is 9.40 Å². The van der Waals surface area contributed by atoms with Crippen molar-refractivity contribution in [1.82, 2.24) is 9.91 Å². The van der Waals surface area contributed by atoms with Crippen LogP contribution >= 0.6 is 11.6 Å². The fourth-order valence-electron chi connectivity index (χ4n) is 3.85. The summed E-state index contributed by atoms with van der Waals surface area (Å²) in [6.07, 6.45) is 0.437. The van der Waals surface area contributed by atoms with Crippen molar-refractivity contribution in [2.24, 2.45) is 5.10 Å². The highest BCUT2D eigenvalue weighted by Gasteiger charge is 2.34. The van der Waals surface area contributed by atoms with Gasteiger partial charge >= 0.3 is 0 Å². The number of hydrogen-bond donors (Lipinski definition) is 0. The fourth-order valence-corrected chi connectivity index (χ4v) is 4.07. The lowest BCUT2D eigenvalue weighted by molar-refractivity contribution is -0.133. The molecule has 8 heteroatoms. The maximum absolute atomic E-state index is 13.5. The molecule has 6 nitrogen and oxygen atoms in total. The third kappa shape index (κ3) is 4.94. The van der Waals surface area contributed by atoms with E-state index in [1.807, 2.05) is 24.3 Å². The van der Waals surface area contributed by atoms with Crippen LogP contribution in [0.3, 0.4) is 0 Å². The van der Waals surface area contributed by atoms with E-state index in [9.17, 15) is 14.0 Å². The van der Waals surface area contributed by atoms with Crippen molar-refractivity contribution in [3.8, 4) is 5.75 Å². The first-order chi connectivity index (χ1) is 16.4. The summed E-state index contributed by atoms with van der Waals surface area (Å²) in [6, 6.07) is 19.7. The van der Waals surface area contributed by atoms with Crippen molar-refractivity contribution in [3.63, 3.8) is 0 Å². The van der Waals surface area contributed by atoms with E-state index in [1.165, 1.54) is 22.0 Å². The maximum atomic E-state index is 13.5. The quantitative estimate of drug-likeness (QED) is 0.503. The first-order valence-electron chi connectivity index (χ1n) is 10.7. The van der Waals surface area contributed by atoms with Gasteiger partial charge in [0, 0.05) is 19.0 Å². The molecule has 0 aromatic heterocycles. The molecule has 1 atom stereocenters. The van der Waals surface area contributed by atoms with E-state index in [1.54, 1.807) is 50.6 Å². The predicted octanol–water partition coefficient (Wildman–Crippen LogP) is 4.94. The maximum Gasteiger partial charge on any atom is 0.262 e. The zero-order chi connectivity index (χ0) is 24.2. The van der Waals surface area contributed by atoms with Gasteiger partial charge in [0.05, 0.1) is 29.4 Å². The van der Waals surface area contributed by atoms with Crippen molar-refractivity contribution in [2.45, 2.75) is 12.5 Å². The highest BCUT2D eigenvalue weighted by atomic mass is 35.5. The Morgan fingerprint density at radius 1 is 1.12 bits per heavy atom. The normalized spacial score (nSPS) is 15.1. The van der Waals surface area contributed by atoms with Gasteiger partial charge in [0.1, 0.15) is 18.1 Å². The Bertz CT molecular complexity index is 1250. The number of ether oxygens (including phenoxy) is 1. The Labute approximate surface area is 202 Å². The molecular formula is C26H23ClFN3O3. The zero-order valence-electron chi connectivity index (χ0n) is 18.7. The van der Waals surface area contributed by atoms with Gasteiger partial charge in [0.15, 0.2) is 0 Å². The van der Waals surface area contributed by atoms with Gasteiger partial charge in [0.2, 0.25) is 0 Å². The van der Waals surface area contributed by atoms with Crippen molar-refractivity contribution in [1.29, 1.82) is 0 Å². The van der Waals surface area contributed by atoms with Crippen LogP contribution < -0.4 is 4.74 Å². The second-order valence-corrected chi connectivity index (χ2v) is 8.34. The van der Waals surface area contributed by atoms with Crippen LogP contribution in [0.5, 0.6) is 5.75 Å². The lowest BCUT2D eigenvalue weighted by Gasteiger charge is -2.25.